The van der Waals surface area contributed by atoms with Crippen molar-refractivity contribution in [2.75, 3.05) is 6.54 Å². The van der Waals surface area contributed by atoms with Gasteiger partial charge in [-0.05, 0) is 31.2 Å². The van der Waals surface area contributed by atoms with Crippen LogP contribution in [0.4, 0.5) is 0 Å². The Balaban J connectivity index is 1.45. The molecule has 1 aromatic carbocycles. The molecule has 2 saturated heterocycles. The average molecular weight is 368 g/mol. The number of carbonyl (C=O) groups is 1. The van der Waals surface area contributed by atoms with E-state index in [9.17, 15) is 4.79 Å². The molecule has 1 aromatic heterocycles. The smallest absolute Gasteiger partial charge is 0.273 e. The number of rotatable bonds is 8. The third-order valence-corrected chi connectivity index (χ3v) is 5.84. The summed E-state index contributed by atoms with van der Waals surface area (Å²) in [5, 5.41) is 2.93. The third kappa shape index (κ3) is 3.93. The molecular weight excluding hydrogens is 340 g/mol. The van der Waals surface area contributed by atoms with E-state index in [1.807, 2.05) is 6.07 Å². The van der Waals surface area contributed by atoms with Gasteiger partial charge in [0.25, 0.3) is 5.91 Å². The Labute approximate surface area is 160 Å². The molecule has 5 heteroatoms. The van der Waals surface area contributed by atoms with Crippen LogP contribution in [-0.4, -0.2) is 29.6 Å². The van der Waals surface area contributed by atoms with Crippen molar-refractivity contribution in [1.29, 1.82) is 0 Å². The first-order valence-corrected chi connectivity index (χ1v) is 10.2. The Kier molecular flexibility index (Phi) is 5.58. The van der Waals surface area contributed by atoms with Gasteiger partial charge >= 0.3 is 0 Å². The number of carbonyl (C=O) groups excluding carboxylic acids is 1. The summed E-state index contributed by atoms with van der Waals surface area (Å²) >= 11 is 0. The number of aromatic nitrogens is 1. The Hall–Kier alpha value is -2.14. The maximum atomic E-state index is 12.3. The molecule has 3 heterocycles. The van der Waals surface area contributed by atoms with E-state index in [4.69, 9.17) is 9.15 Å². The first-order valence-electron chi connectivity index (χ1n) is 10.2. The van der Waals surface area contributed by atoms with Gasteiger partial charge in [0, 0.05) is 12.5 Å². The SMILES string of the molecule is CCCCCNC(=O)c1coc(C2C3CCC(O3)C2Cc2ccccc2)n1. The summed E-state index contributed by atoms with van der Waals surface area (Å²) in [6.07, 6.45) is 8.26. The Morgan fingerprint density at radius 1 is 1.19 bits per heavy atom. The summed E-state index contributed by atoms with van der Waals surface area (Å²) in [5.74, 6) is 0.988. The van der Waals surface area contributed by atoms with Gasteiger partial charge in [0.1, 0.15) is 6.26 Å². The van der Waals surface area contributed by atoms with Crippen LogP contribution >= 0.6 is 0 Å². The lowest BCUT2D eigenvalue weighted by molar-refractivity contribution is 0.0898. The Morgan fingerprint density at radius 2 is 2.00 bits per heavy atom. The highest BCUT2D eigenvalue weighted by Crippen LogP contribution is 2.49. The number of fused-ring (bicyclic) bond motifs is 2. The lowest BCUT2D eigenvalue weighted by Gasteiger charge is -2.25. The molecular formula is C22H28N2O3. The number of ether oxygens (including phenoxy) is 1. The van der Waals surface area contributed by atoms with E-state index in [1.54, 1.807) is 0 Å². The van der Waals surface area contributed by atoms with Crippen LogP contribution in [0.2, 0.25) is 0 Å². The first kappa shape index (κ1) is 18.2. The number of amides is 1. The quantitative estimate of drug-likeness (QED) is 0.713. The van der Waals surface area contributed by atoms with E-state index in [0.717, 1.165) is 38.5 Å². The predicted molar refractivity (Wildman–Crippen MR) is 103 cm³/mol. The van der Waals surface area contributed by atoms with E-state index in [0.29, 0.717) is 24.0 Å². The molecule has 0 aliphatic carbocycles. The highest BCUT2D eigenvalue weighted by molar-refractivity contribution is 5.91. The topological polar surface area (TPSA) is 64.4 Å². The Bertz CT molecular complexity index is 758. The highest BCUT2D eigenvalue weighted by atomic mass is 16.5. The van der Waals surface area contributed by atoms with Crippen LogP contribution in [0.15, 0.2) is 41.0 Å². The van der Waals surface area contributed by atoms with Gasteiger partial charge in [-0.25, -0.2) is 4.98 Å². The molecule has 0 radical (unpaired) electrons. The molecule has 0 saturated carbocycles. The summed E-state index contributed by atoms with van der Waals surface area (Å²) in [6, 6.07) is 10.5. The first-order chi connectivity index (χ1) is 13.3. The molecule has 27 heavy (non-hydrogen) atoms. The van der Waals surface area contributed by atoms with Crippen molar-refractivity contribution in [2.45, 2.75) is 63.6 Å². The van der Waals surface area contributed by atoms with Crippen LogP contribution < -0.4 is 5.32 Å². The molecule has 2 aliphatic rings. The van der Waals surface area contributed by atoms with Gasteiger partial charge < -0.3 is 14.5 Å². The van der Waals surface area contributed by atoms with Crippen molar-refractivity contribution in [2.24, 2.45) is 5.92 Å². The van der Waals surface area contributed by atoms with Crippen molar-refractivity contribution in [3.05, 3.63) is 53.7 Å². The van der Waals surface area contributed by atoms with Gasteiger partial charge in [-0.15, -0.1) is 0 Å². The number of nitrogens with zero attached hydrogens (tertiary/aromatic N) is 1. The predicted octanol–water partition coefficient (Wildman–Crippen LogP) is 4.10. The highest BCUT2D eigenvalue weighted by Gasteiger charge is 2.51. The largest absolute Gasteiger partial charge is 0.448 e. The summed E-state index contributed by atoms with van der Waals surface area (Å²) in [4.78, 5) is 16.8. The summed E-state index contributed by atoms with van der Waals surface area (Å²) in [6.45, 7) is 2.83. The summed E-state index contributed by atoms with van der Waals surface area (Å²) < 4.78 is 12.0. The zero-order valence-corrected chi connectivity index (χ0v) is 15.9. The van der Waals surface area contributed by atoms with E-state index in [1.165, 1.54) is 11.8 Å². The van der Waals surface area contributed by atoms with Crippen LogP contribution in [0.1, 0.15) is 66.9 Å². The minimum absolute atomic E-state index is 0.130. The number of unbranched alkanes of at least 4 members (excludes halogenated alkanes) is 2. The average Bonchev–Trinajstić information content (AvgIpc) is 3.42. The Morgan fingerprint density at radius 3 is 2.81 bits per heavy atom. The molecule has 1 amide bonds. The second-order valence-corrected chi connectivity index (χ2v) is 7.70. The molecule has 4 rings (SSSR count). The van der Waals surface area contributed by atoms with Crippen LogP contribution in [-0.2, 0) is 11.2 Å². The monoisotopic (exact) mass is 368 g/mol. The van der Waals surface area contributed by atoms with E-state index in [-0.39, 0.29) is 24.0 Å². The minimum atomic E-state index is -0.148. The van der Waals surface area contributed by atoms with Crippen LogP contribution in [0.3, 0.4) is 0 Å². The van der Waals surface area contributed by atoms with Gasteiger partial charge in [0.2, 0.25) is 5.89 Å². The molecule has 2 fully saturated rings. The third-order valence-electron chi connectivity index (χ3n) is 5.84. The van der Waals surface area contributed by atoms with Gasteiger partial charge in [0.05, 0.1) is 18.1 Å². The van der Waals surface area contributed by atoms with Gasteiger partial charge in [-0.3, -0.25) is 4.79 Å². The van der Waals surface area contributed by atoms with Crippen LogP contribution in [0, 0.1) is 5.92 Å². The van der Waals surface area contributed by atoms with E-state index >= 15 is 0 Å². The van der Waals surface area contributed by atoms with Crippen molar-refractivity contribution >= 4 is 5.91 Å². The minimum Gasteiger partial charge on any atom is -0.448 e. The maximum absolute atomic E-state index is 12.3. The van der Waals surface area contributed by atoms with Crippen LogP contribution in [0.25, 0.3) is 0 Å². The normalized spacial score (nSPS) is 26.4. The molecule has 2 aliphatic heterocycles. The van der Waals surface area contributed by atoms with Crippen molar-refractivity contribution in [3.8, 4) is 0 Å². The van der Waals surface area contributed by atoms with Gasteiger partial charge in [-0.1, -0.05) is 50.1 Å². The molecule has 0 spiro atoms. The number of hydrogen-bond donors (Lipinski definition) is 1. The van der Waals surface area contributed by atoms with Gasteiger partial charge in [0.15, 0.2) is 5.69 Å². The van der Waals surface area contributed by atoms with Crippen molar-refractivity contribution < 1.29 is 13.9 Å². The summed E-state index contributed by atoms with van der Waals surface area (Å²) in [7, 11) is 0. The zero-order chi connectivity index (χ0) is 18.6. The standard InChI is InChI=1S/C22H28N2O3/c1-2-3-7-12-23-21(25)17-14-26-22(24-17)20-16(18-10-11-19(20)27-18)13-15-8-5-4-6-9-15/h4-6,8-9,14,16,18-20H,2-3,7,10-13H2,1H3,(H,23,25). The lowest BCUT2D eigenvalue weighted by Crippen LogP contribution is -2.28. The van der Waals surface area contributed by atoms with Crippen LogP contribution in [0.5, 0.6) is 0 Å². The van der Waals surface area contributed by atoms with Crippen molar-refractivity contribution in [1.82, 2.24) is 10.3 Å². The molecule has 2 aromatic rings. The summed E-state index contributed by atoms with van der Waals surface area (Å²) in [5.41, 5.74) is 1.69. The fraction of sp³-hybridized carbons (Fsp3) is 0.545. The maximum Gasteiger partial charge on any atom is 0.273 e. The molecule has 5 nitrogen and oxygen atoms in total. The van der Waals surface area contributed by atoms with E-state index in [2.05, 4.69) is 41.5 Å². The second-order valence-electron chi connectivity index (χ2n) is 7.70. The fourth-order valence-electron chi connectivity index (χ4n) is 4.47. The molecule has 144 valence electrons. The molecule has 2 bridgehead atoms. The molecule has 4 atom stereocenters. The molecule has 4 unspecified atom stereocenters. The lowest BCUT2D eigenvalue weighted by atomic mass is 9.76. The molecule has 1 N–H and O–H groups in total. The van der Waals surface area contributed by atoms with Crippen molar-refractivity contribution in [3.63, 3.8) is 0 Å². The number of oxazole rings is 1. The second kappa shape index (κ2) is 8.26. The van der Waals surface area contributed by atoms with Gasteiger partial charge in [-0.2, -0.15) is 0 Å². The fourth-order valence-corrected chi connectivity index (χ4v) is 4.47. The number of hydrogen-bond acceptors (Lipinski definition) is 4. The number of nitrogens with one attached hydrogen (secondary N) is 1. The van der Waals surface area contributed by atoms with E-state index < -0.39 is 0 Å². The zero-order valence-electron chi connectivity index (χ0n) is 15.9. The number of benzene rings is 1.